The molecule has 0 radical (unpaired) electrons. The summed E-state index contributed by atoms with van der Waals surface area (Å²) in [5, 5.41) is 14.0. The van der Waals surface area contributed by atoms with Gasteiger partial charge >= 0.3 is 0 Å². The first-order valence-electron chi connectivity index (χ1n) is 16.1. The lowest BCUT2D eigenvalue weighted by Crippen LogP contribution is -2.34. The summed E-state index contributed by atoms with van der Waals surface area (Å²) >= 11 is 0. The summed E-state index contributed by atoms with van der Waals surface area (Å²) in [7, 11) is 0. The number of ether oxygens (including phenoxy) is 4. The van der Waals surface area contributed by atoms with E-state index in [9.17, 15) is 4.79 Å². The van der Waals surface area contributed by atoms with Gasteiger partial charge in [0.25, 0.3) is 0 Å². The van der Waals surface area contributed by atoms with Crippen LogP contribution in [0.15, 0.2) is 46.8 Å². The Morgan fingerprint density at radius 2 is 1.93 bits per heavy atom. The van der Waals surface area contributed by atoms with Gasteiger partial charge in [0.05, 0.1) is 24.9 Å². The molecule has 2 aromatic rings. The number of carbonyl (C=O) groups is 1. The van der Waals surface area contributed by atoms with E-state index in [4.69, 9.17) is 23.4 Å². The fourth-order valence-corrected chi connectivity index (χ4v) is 6.33. The van der Waals surface area contributed by atoms with E-state index < -0.39 is 0 Å². The Morgan fingerprint density at radius 3 is 2.63 bits per heavy atom. The zero-order chi connectivity index (χ0) is 29.9. The zero-order valence-corrected chi connectivity index (χ0v) is 25.7. The smallest absolute Gasteiger partial charge is 0.199 e. The monoisotopic (exact) mass is 596 g/mol. The average Bonchev–Trinajstić information content (AvgIpc) is 3.77. The van der Waals surface area contributed by atoms with Crippen LogP contribution in [0.4, 0.5) is 0 Å². The first kappa shape index (κ1) is 31.6. The summed E-state index contributed by atoms with van der Waals surface area (Å²) in [5.41, 5.74) is -0.0697. The summed E-state index contributed by atoms with van der Waals surface area (Å²) in [6.07, 6.45) is 18.4. The lowest BCUT2D eigenvalue weighted by Gasteiger charge is -2.34. The van der Waals surface area contributed by atoms with Gasteiger partial charge in [-0.25, -0.2) is 5.10 Å². The van der Waals surface area contributed by atoms with Crippen molar-refractivity contribution in [3.05, 3.63) is 54.0 Å². The lowest BCUT2D eigenvalue weighted by molar-refractivity contribution is -0.200. The topological polar surface area (TPSA) is 122 Å². The Hall–Kier alpha value is -2.82. The molecule has 1 saturated carbocycles. The van der Waals surface area contributed by atoms with Gasteiger partial charge < -0.3 is 23.4 Å². The van der Waals surface area contributed by atoms with Gasteiger partial charge in [0.15, 0.2) is 12.6 Å². The SMILES string of the molecule is CC(C)(CC=C(OC1CCCCO1)[C@@H]1[C@H](OC2CCCCO2)CC(=O)[C@@H]1C/C=C\CCCc1nnn[nH]1)Cc1ccco1. The van der Waals surface area contributed by atoms with E-state index in [-0.39, 0.29) is 41.7 Å². The normalized spacial score (nSPS) is 27.3. The van der Waals surface area contributed by atoms with Crippen molar-refractivity contribution in [1.82, 2.24) is 20.6 Å². The van der Waals surface area contributed by atoms with Crippen LogP contribution in [0.1, 0.15) is 96.1 Å². The molecular formula is C33H48N4O6. The molecule has 2 aromatic heterocycles. The van der Waals surface area contributed by atoms with Crippen molar-refractivity contribution < 1.29 is 28.2 Å². The molecule has 1 N–H and O–H groups in total. The number of rotatable bonds is 15. The van der Waals surface area contributed by atoms with E-state index in [0.29, 0.717) is 26.1 Å². The Balaban J connectivity index is 1.34. The van der Waals surface area contributed by atoms with E-state index in [1.165, 1.54) is 0 Å². The summed E-state index contributed by atoms with van der Waals surface area (Å²) in [6.45, 7) is 5.86. The summed E-state index contributed by atoms with van der Waals surface area (Å²) in [6, 6.07) is 3.95. The second-order valence-electron chi connectivity index (χ2n) is 12.9. The highest BCUT2D eigenvalue weighted by molar-refractivity contribution is 5.85. The van der Waals surface area contributed by atoms with Crippen molar-refractivity contribution in [1.29, 1.82) is 0 Å². The zero-order valence-electron chi connectivity index (χ0n) is 25.7. The highest BCUT2D eigenvalue weighted by atomic mass is 16.7. The van der Waals surface area contributed by atoms with E-state index >= 15 is 0 Å². The van der Waals surface area contributed by atoms with Crippen molar-refractivity contribution >= 4 is 5.78 Å². The molecule has 2 aliphatic heterocycles. The van der Waals surface area contributed by atoms with Crippen LogP contribution in [-0.2, 0) is 36.6 Å². The van der Waals surface area contributed by atoms with Crippen LogP contribution in [0, 0.1) is 17.3 Å². The summed E-state index contributed by atoms with van der Waals surface area (Å²) in [5.74, 6) is 2.36. The van der Waals surface area contributed by atoms with E-state index in [1.807, 2.05) is 12.1 Å². The minimum absolute atomic E-state index is 0.0697. The number of furan rings is 1. The number of aromatic nitrogens is 4. The number of ketones is 1. The van der Waals surface area contributed by atoms with E-state index in [2.05, 4.69) is 52.7 Å². The molecule has 0 bridgehead atoms. The Labute approximate surface area is 254 Å². The number of nitrogens with one attached hydrogen (secondary N) is 1. The molecule has 2 unspecified atom stereocenters. The first-order valence-corrected chi connectivity index (χ1v) is 16.1. The van der Waals surface area contributed by atoms with Gasteiger partial charge in [-0.05, 0) is 91.8 Å². The molecule has 0 spiro atoms. The highest BCUT2D eigenvalue weighted by Crippen LogP contribution is 2.42. The van der Waals surface area contributed by atoms with Crippen LogP contribution < -0.4 is 0 Å². The third-order valence-electron chi connectivity index (χ3n) is 8.67. The standard InChI is InChI=1S/C33H48N4O6/c1-33(2,23-24-12-11-21-39-24)18-17-27(42-30-15-7-9-19-40-30)32-25(13-5-3-4-6-14-29-34-36-37-35-29)26(38)22-28(32)43-31-16-8-10-20-41-31/h3,5,11-12,17,21,25,28,30-32H,4,6-10,13-16,18-20,22-23H2,1-2H3,(H,34,35,36,37)/b5-3-,27-17?/t25-,28+,30?,31?,32+/m0/s1. The van der Waals surface area contributed by atoms with Gasteiger partial charge in [0, 0.05) is 38.2 Å². The van der Waals surface area contributed by atoms with Crippen LogP contribution in [0.25, 0.3) is 0 Å². The van der Waals surface area contributed by atoms with Gasteiger partial charge in [-0.1, -0.05) is 26.0 Å². The maximum atomic E-state index is 13.6. The molecule has 3 aliphatic rings. The number of aryl methyl sites for hydroxylation is 1. The molecule has 43 heavy (non-hydrogen) atoms. The Kier molecular flexibility index (Phi) is 11.6. The van der Waals surface area contributed by atoms with Crippen molar-refractivity contribution in [2.24, 2.45) is 17.3 Å². The molecule has 5 atom stereocenters. The number of hydrogen-bond donors (Lipinski definition) is 1. The largest absolute Gasteiger partial charge is 0.469 e. The van der Waals surface area contributed by atoms with E-state index in [0.717, 1.165) is 88.0 Å². The predicted octanol–water partition coefficient (Wildman–Crippen LogP) is 6.26. The molecule has 10 heteroatoms. The number of tetrazole rings is 1. The first-order chi connectivity index (χ1) is 21.0. The van der Waals surface area contributed by atoms with Crippen LogP contribution in [0.3, 0.4) is 0 Å². The van der Waals surface area contributed by atoms with Crippen LogP contribution >= 0.6 is 0 Å². The van der Waals surface area contributed by atoms with Crippen molar-refractivity contribution in [3.8, 4) is 0 Å². The molecule has 1 aliphatic carbocycles. The number of aromatic amines is 1. The number of nitrogens with zero attached hydrogens (tertiary/aromatic N) is 3. The van der Waals surface area contributed by atoms with Gasteiger partial charge in [-0.2, -0.15) is 0 Å². The Morgan fingerprint density at radius 1 is 1.12 bits per heavy atom. The molecule has 10 nitrogen and oxygen atoms in total. The molecule has 2 saturated heterocycles. The predicted molar refractivity (Wildman–Crippen MR) is 160 cm³/mol. The van der Waals surface area contributed by atoms with Crippen molar-refractivity contribution in [2.45, 2.75) is 116 Å². The molecule has 4 heterocycles. The molecule has 3 fully saturated rings. The van der Waals surface area contributed by atoms with Gasteiger partial charge in [-0.3, -0.25) is 4.79 Å². The van der Waals surface area contributed by atoms with Gasteiger partial charge in [0.1, 0.15) is 23.1 Å². The van der Waals surface area contributed by atoms with E-state index in [1.54, 1.807) is 6.26 Å². The second-order valence-corrected chi connectivity index (χ2v) is 12.9. The number of hydrogen-bond acceptors (Lipinski definition) is 9. The van der Waals surface area contributed by atoms with Crippen LogP contribution in [-0.4, -0.2) is 58.3 Å². The summed E-state index contributed by atoms with van der Waals surface area (Å²) < 4.78 is 30.9. The fraction of sp³-hybridized carbons (Fsp3) is 0.697. The average molecular weight is 597 g/mol. The van der Waals surface area contributed by atoms with Crippen molar-refractivity contribution in [3.63, 3.8) is 0 Å². The molecule has 0 aromatic carbocycles. The highest BCUT2D eigenvalue weighted by Gasteiger charge is 2.47. The minimum Gasteiger partial charge on any atom is -0.469 e. The van der Waals surface area contributed by atoms with Crippen molar-refractivity contribution in [2.75, 3.05) is 13.2 Å². The fourth-order valence-electron chi connectivity index (χ4n) is 6.33. The third kappa shape index (κ3) is 9.58. The molecule has 0 amide bonds. The summed E-state index contributed by atoms with van der Waals surface area (Å²) in [4.78, 5) is 13.6. The van der Waals surface area contributed by atoms with Gasteiger partial charge in [-0.15, -0.1) is 5.10 Å². The number of Topliss-reactive ketones (excluding diaryl/α,β-unsaturated/α-hetero) is 1. The molecule has 236 valence electrons. The lowest BCUT2D eigenvalue weighted by atomic mass is 9.82. The number of allylic oxidation sites excluding steroid dienone is 3. The van der Waals surface area contributed by atoms with Gasteiger partial charge in [0.2, 0.25) is 0 Å². The maximum absolute atomic E-state index is 13.6. The number of H-pyrrole nitrogens is 1. The minimum atomic E-state index is -0.308. The maximum Gasteiger partial charge on any atom is 0.199 e. The number of unbranched alkanes of at least 4 members (excludes halogenated alkanes) is 1. The van der Waals surface area contributed by atoms with Crippen LogP contribution in [0.2, 0.25) is 0 Å². The molecule has 5 rings (SSSR count). The molecular weight excluding hydrogens is 548 g/mol. The quantitative estimate of drug-likeness (QED) is 0.144. The second kappa shape index (κ2) is 15.8. The van der Waals surface area contributed by atoms with Crippen LogP contribution in [0.5, 0.6) is 0 Å². The number of carbonyl (C=O) groups excluding carboxylic acids is 1. The Bertz CT molecular complexity index is 1150. The third-order valence-corrected chi connectivity index (χ3v) is 8.67.